The number of halogens is 3. The summed E-state index contributed by atoms with van der Waals surface area (Å²) >= 11 is 0. The summed E-state index contributed by atoms with van der Waals surface area (Å²) < 4.78 is 52.3. The number of rotatable bonds is 1. The zero-order valence-corrected chi connectivity index (χ0v) is 5.75. The van der Waals surface area contributed by atoms with Crippen LogP contribution in [0.15, 0.2) is 0 Å². The fraction of sp³-hybridized carbons (Fsp3) is 1.00. The van der Waals surface area contributed by atoms with Crippen LogP contribution in [0.25, 0.3) is 0 Å². The SMILES string of the molecule is NS(=O)(=O)NC(F)(F)F.[H-].[Li+]. The summed E-state index contributed by atoms with van der Waals surface area (Å²) in [5.41, 5.74) is 0. The molecule has 0 spiro atoms. The molecule has 0 fully saturated rings. The Morgan fingerprint density at radius 1 is 1.40 bits per heavy atom. The summed E-state index contributed by atoms with van der Waals surface area (Å²) in [7, 11) is -4.66. The average Bonchev–Trinajstić information content (AvgIpc) is 1.14. The molecular weight excluding hydrogens is 168 g/mol. The topological polar surface area (TPSA) is 72.2 Å². The van der Waals surface area contributed by atoms with Crippen LogP contribution in [-0.4, -0.2) is 14.7 Å². The van der Waals surface area contributed by atoms with Crippen LogP contribution in [0.2, 0.25) is 0 Å². The van der Waals surface area contributed by atoms with Crippen LogP contribution in [0, 0.1) is 0 Å². The number of hydrogen-bond donors (Lipinski definition) is 2. The summed E-state index contributed by atoms with van der Waals surface area (Å²) in [6.45, 7) is 0. The minimum absolute atomic E-state index is 0. The molecule has 0 heterocycles. The van der Waals surface area contributed by atoms with Gasteiger partial charge in [-0.15, -0.1) is 4.72 Å². The first kappa shape index (κ1) is 12.9. The van der Waals surface area contributed by atoms with E-state index in [0.29, 0.717) is 0 Å². The molecule has 0 bridgehead atoms. The third-order valence-electron chi connectivity index (χ3n) is 0.258. The molecule has 0 aliphatic rings. The molecule has 0 saturated heterocycles. The standard InChI is InChI=1S/CH3F3N2O2S.Li.H/c2-1(3,4)6-9(5,7)8;;/h6H,(H2,5,7,8);;/q;+1;-1. The Morgan fingerprint density at radius 2 is 1.70 bits per heavy atom. The van der Waals surface area contributed by atoms with Gasteiger partial charge in [0.2, 0.25) is 0 Å². The maximum absolute atomic E-state index is 11.0. The predicted molar refractivity (Wildman–Crippen MR) is 23.4 cm³/mol. The second-order valence-electron chi connectivity index (χ2n) is 1.14. The Labute approximate surface area is 68.8 Å². The Bertz CT molecular complexity index is 190. The van der Waals surface area contributed by atoms with Crippen molar-refractivity contribution in [3.05, 3.63) is 0 Å². The van der Waals surface area contributed by atoms with Crippen molar-refractivity contribution < 1.29 is 41.9 Å². The van der Waals surface area contributed by atoms with E-state index >= 15 is 0 Å². The fourth-order valence-electron chi connectivity index (χ4n) is 0.161. The smallest absolute Gasteiger partial charge is 1.00 e. The van der Waals surface area contributed by atoms with Gasteiger partial charge in [-0.3, -0.25) is 0 Å². The Morgan fingerprint density at radius 3 is 1.70 bits per heavy atom. The molecule has 0 amide bonds. The number of alkyl halides is 3. The molecule has 0 atom stereocenters. The van der Waals surface area contributed by atoms with Gasteiger partial charge in [0.05, 0.1) is 0 Å². The van der Waals surface area contributed by atoms with Gasteiger partial charge in [-0.05, 0) is 0 Å². The molecule has 0 aromatic heterocycles. The van der Waals surface area contributed by atoms with Crippen LogP contribution >= 0.6 is 0 Å². The van der Waals surface area contributed by atoms with Crippen molar-refractivity contribution in [1.29, 1.82) is 0 Å². The molecule has 0 aliphatic carbocycles. The van der Waals surface area contributed by atoms with Crippen LogP contribution in [0.1, 0.15) is 1.43 Å². The molecule has 0 aromatic carbocycles. The van der Waals surface area contributed by atoms with E-state index in [1.807, 2.05) is 0 Å². The van der Waals surface area contributed by atoms with Crippen LogP contribution < -0.4 is 28.7 Å². The van der Waals surface area contributed by atoms with E-state index in [4.69, 9.17) is 0 Å². The first-order valence-electron chi connectivity index (χ1n) is 1.59. The van der Waals surface area contributed by atoms with Gasteiger partial charge < -0.3 is 1.43 Å². The molecule has 58 valence electrons. The Balaban J connectivity index is -0.000000320. The van der Waals surface area contributed by atoms with Gasteiger partial charge in [0.25, 0.3) is 10.2 Å². The summed E-state index contributed by atoms with van der Waals surface area (Å²) in [5, 5.41) is 3.96. The molecule has 0 aromatic rings. The van der Waals surface area contributed by atoms with Gasteiger partial charge >= 0.3 is 25.2 Å². The van der Waals surface area contributed by atoms with Crippen molar-refractivity contribution in [2.24, 2.45) is 5.14 Å². The molecule has 0 unspecified atom stereocenters. The fourth-order valence-corrected chi connectivity index (χ4v) is 0.484. The summed E-state index contributed by atoms with van der Waals surface area (Å²) in [6.07, 6.45) is -4.98. The zero-order valence-electron chi connectivity index (χ0n) is 5.94. The summed E-state index contributed by atoms with van der Waals surface area (Å²) in [4.78, 5) is 0. The second kappa shape index (κ2) is 3.59. The molecule has 3 N–H and O–H groups in total. The van der Waals surface area contributed by atoms with Crippen LogP contribution in [0.4, 0.5) is 13.2 Å². The number of hydrogen-bond acceptors (Lipinski definition) is 2. The summed E-state index contributed by atoms with van der Waals surface area (Å²) in [6, 6.07) is 0. The van der Waals surface area contributed by atoms with Gasteiger partial charge in [0.15, 0.2) is 0 Å². The van der Waals surface area contributed by atoms with Gasteiger partial charge in [-0.2, -0.15) is 21.6 Å². The van der Waals surface area contributed by atoms with Gasteiger partial charge in [-0.25, -0.2) is 5.14 Å². The third-order valence-corrected chi connectivity index (χ3v) is 0.774. The first-order valence-corrected chi connectivity index (χ1v) is 3.14. The zero-order chi connectivity index (χ0) is 7.71. The molecule has 10 heavy (non-hydrogen) atoms. The first-order chi connectivity index (χ1) is 3.71. The summed E-state index contributed by atoms with van der Waals surface area (Å²) in [5.74, 6) is 0. The third kappa shape index (κ3) is 11.1. The average molecular weight is 172 g/mol. The van der Waals surface area contributed by atoms with E-state index in [0.717, 1.165) is 0 Å². The Kier molecular flexibility index (Phi) is 4.63. The molecule has 0 rings (SSSR count). The maximum Gasteiger partial charge on any atom is 1.00 e. The molecule has 0 aliphatic heterocycles. The van der Waals surface area contributed by atoms with Gasteiger partial charge in [-0.1, -0.05) is 0 Å². The van der Waals surface area contributed by atoms with E-state index in [-0.39, 0.29) is 25.0 Å². The van der Waals surface area contributed by atoms with E-state index < -0.39 is 16.5 Å². The van der Waals surface area contributed by atoms with E-state index in [2.05, 4.69) is 5.14 Å². The maximum atomic E-state index is 11.0. The second-order valence-corrected chi connectivity index (χ2v) is 2.44. The molecule has 0 radical (unpaired) electrons. The minimum atomic E-state index is -4.98. The predicted octanol–water partition coefficient (Wildman–Crippen LogP) is -3.58. The van der Waals surface area contributed by atoms with Gasteiger partial charge in [0.1, 0.15) is 0 Å². The van der Waals surface area contributed by atoms with Crippen molar-refractivity contribution >= 4 is 10.2 Å². The van der Waals surface area contributed by atoms with Gasteiger partial charge in [0, 0.05) is 0 Å². The monoisotopic (exact) mass is 172 g/mol. The molecule has 9 heteroatoms. The van der Waals surface area contributed by atoms with Crippen molar-refractivity contribution in [2.45, 2.75) is 6.30 Å². The van der Waals surface area contributed by atoms with E-state index in [1.54, 1.807) is 0 Å². The molecular formula is CH4F3LiN2O2S. The molecule has 0 saturated carbocycles. The van der Waals surface area contributed by atoms with E-state index in [9.17, 15) is 21.6 Å². The van der Waals surface area contributed by atoms with Crippen molar-refractivity contribution in [3.8, 4) is 0 Å². The number of nitrogens with one attached hydrogen (secondary N) is 1. The quantitative estimate of drug-likeness (QED) is 0.317. The minimum Gasteiger partial charge on any atom is -1.00 e. The van der Waals surface area contributed by atoms with Crippen LogP contribution in [-0.2, 0) is 10.2 Å². The van der Waals surface area contributed by atoms with Crippen molar-refractivity contribution in [2.75, 3.05) is 0 Å². The van der Waals surface area contributed by atoms with Crippen LogP contribution in [0.3, 0.4) is 0 Å². The number of nitrogens with two attached hydrogens (primary N) is 1. The molecule has 4 nitrogen and oxygen atoms in total. The Hall–Kier alpha value is 0.257. The normalized spacial score (nSPS) is 12.4. The van der Waals surface area contributed by atoms with Crippen LogP contribution in [0.5, 0.6) is 0 Å². The van der Waals surface area contributed by atoms with Crippen molar-refractivity contribution in [3.63, 3.8) is 0 Å². The van der Waals surface area contributed by atoms with Crippen molar-refractivity contribution in [1.82, 2.24) is 4.72 Å². The largest absolute Gasteiger partial charge is 1.00 e. The van der Waals surface area contributed by atoms with E-state index in [1.165, 1.54) is 0 Å².